The van der Waals surface area contributed by atoms with Crippen LogP contribution in [0.5, 0.6) is 0 Å². The highest BCUT2D eigenvalue weighted by atomic mass is 35.5. The SMILES string of the molecule is Cc1cc(Cl)ccc1-c1ccnc(C)c1F. The van der Waals surface area contributed by atoms with E-state index in [1.807, 2.05) is 19.1 Å². The Kier molecular flexibility index (Phi) is 2.92. The van der Waals surface area contributed by atoms with E-state index in [0.29, 0.717) is 16.3 Å². The van der Waals surface area contributed by atoms with Crippen LogP contribution in [0, 0.1) is 19.7 Å². The van der Waals surface area contributed by atoms with Gasteiger partial charge >= 0.3 is 0 Å². The van der Waals surface area contributed by atoms with Crippen molar-refractivity contribution in [2.75, 3.05) is 0 Å². The van der Waals surface area contributed by atoms with Gasteiger partial charge in [0.15, 0.2) is 5.82 Å². The molecule has 1 aromatic carbocycles. The summed E-state index contributed by atoms with van der Waals surface area (Å²) >= 11 is 5.87. The van der Waals surface area contributed by atoms with Crippen molar-refractivity contribution < 1.29 is 4.39 Å². The van der Waals surface area contributed by atoms with Crippen molar-refractivity contribution in [2.45, 2.75) is 13.8 Å². The Balaban J connectivity index is 2.63. The average molecular weight is 236 g/mol. The van der Waals surface area contributed by atoms with E-state index >= 15 is 0 Å². The topological polar surface area (TPSA) is 12.9 Å². The number of benzene rings is 1. The summed E-state index contributed by atoms with van der Waals surface area (Å²) in [6, 6.07) is 7.10. The van der Waals surface area contributed by atoms with Crippen molar-refractivity contribution in [3.05, 3.63) is 52.6 Å². The molecule has 0 saturated heterocycles. The molecule has 0 amide bonds. The van der Waals surface area contributed by atoms with Gasteiger partial charge in [-0.05, 0) is 43.2 Å². The Morgan fingerprint density at radius 3 is 2.56 bits per heavy atom. The van der Waals surface area contributed by atoms with E-state index in [0.717, 1.165) is 11.1 Å². The van der Waals surface area contributed by atoms with Crippen LogP contribution >= 0.6 is 11.6 Å². The fourth-order valence-corrected chi connectivity index (χ4v) is 1.91. The standard InChI is InChI=1S/C13H11ClFN/c1-8-7-10(14)3-4-11(8)12-5-6-16-9(2)13(12)15/h3-7H,1-2H3. The Hall–Kier alpha value is -1.41. The monoisotopic (exact) mass is 235 g/mol. The third-order valence-corrected chi connectivity index (χ3v) is 2.78. The molecule has 0 atom stereocenters. The smallest absolute Gasteiger partial charge is 0.152 e. The summed E-state index contributed by atoms with van der Waals surface area (Å²) in [5, 5.41) is 0.660. The van der Waals surface area contributed by atoms with E-state index < -0.39 is 0 Å². The van der Waals surface area contributed by atoms with Crippen LogP contribution in [-0.4, -0.2) is 4.98 Å². The molecule has 1 nitrogen and oxygen atoms in total. The molecule has 82 valence electrons. The van der Waals surface area contributed by atoms with Crippen molar-refractivity contribution in [1.82, 2.24) is 4.98 Å². The molecule has 2 aromatic rings. The average Bonchev–Trinajstić information content (AvgIpc) is 2.23. The van der Waals surface area contributed by atoms with Gasteiger partial charge < -0.3 is 0 Å². The van der Waals surface area contributed by atoms with Gasteiger partial charge in [-0.25, -0.2) is 4.39 Å². The number of aryl methyl sites for hydroxylation is 2. The third kappa shape index (κ3) is 1.93. The highest BCUT2D eigenvalue weighted by molar-refractivity contribution is 6.30. The first-order chi connectivity index (χ1) is 7.59. The van der Waals surface area contributed by atoms with Gasteiger partial charge in [0.2, 0.25) is 0 Å². The zero-order valence-corrected chi connectivity index (χ0v) is 9.85. The summed E-state index contributed by atoms with van der Waals surface area (Å²) < 4.78 is 13.9. The molecule has 0 spiro atoms. The molecule has 1 aromatic heterocycles. The normalized spacial score (nSPS) is 10.5. The fourth-order valence-electron chi connectivity index (χ4n) is 1.69. The van der Waals surface area contributed by atoms with Crippen molar-refractivity contribution in [3.8, 4) is 11.1 Å². The number of rotatable bonds is 1. The summed E-state index contributed by atoms with van der Waals surface area (Å²) in [6.07, 6.45) is 1.61. The fraction of sp³-hybridized carbons (Fsp3) is 0.154. The minimum absolute atomic E-state index is 0.270. The number of nitrogens with zero attached hydrogens (tertiary/aromatic N) is 1. The maximum atomic E-state index is 13.9. The van der Waals surface area contributed by atoms with Gasteiger partial charge in [-0.2, -0.15) is 0 Å². The van der Waals surface area contributed by atoms with Crippen molar-refractivity contribution in [3.63, 3.8) is 0 Å². The van der Waals surface area contributed by atoms with Crippen LogP contribution in [0.1, 0.15) is 11.3 Å². The summed E-state index contributed by atoms with van der Waals surface area (Å²) in [4.78, 5) is 3.91. The van der Waals surface area contributed by atoms with E-state index in [4.69, 9.17) is 11.6 Å². The van der Waals surface area contributed by atoms with Crippen molar-refractivity contribution in [1.29, 1.82) is 0 Å². The van der Waals surface area contributed by atoms with E-state index in [-0.39, 0.29) is 5.82 Å². The molecule has 0 radical (unpaired) electrons. The maximum absolute atomic E-state index is 13.9. The van der Waals surface area contributed by atoms with Crippen molar-refractivity contribution in [2.24, 2.45) is 0 Å². The van der Waals surface area contributed by atoms with E-state index in [2.05, 4.69) is 4.98 Å². The number of hydrogen-bond donors (Lipinski definition) is 0. The molecule has 2 rings (SSSR count). The molecule has 1 heterocycles. The van der Waals surface area contributed by atoms with Crippen LogP contribution < -0.4 is 0 Å². The molecule has 0 aliphatic rings. The summed E-state index contributed by atoms with van der Waals surface area (Å²) in [6.45, 7) is 3.57. The molecule has 0 aliphatic heterocycles. The van der Waals surface area contributed by atoms with Gasteiger partial charge in [0.25, 0.3) is 0 Å². The third-order valence-electron chi connectivity index (χ3n) is 2.54. The lowest BCUT2D eigenvalue weighted by atomic mass is 10.0. The minimum Gasteiger partial charge on any atom is -0.259 e. The molecule has 0 aliphatic carbocycles. The Bertz CT molecular complexity index is 537. The van der Waals surface area contributed by atoms with Crippen LogP contribution in [0.25, 0.3) is 11.1 Å². The number of aromatic nitrogens is 1. The van der Waals surface area contributed by atoms with Crippen LogP contribution in [-0.2, 0) is 0 Å². The number of hydrogen-bond acceptors (Lipinski definition) is 1. The van der Waals surface area contributed by atoms with Gasteiger partial charge in [0, 0.05) is 16.8 Å². The Morgan fingerprint density at radius 2 is 1.88 bits per heavy atom. The van der Waals surface area contributed by atoms with E-state index in [1.165, 1.54) is 0 Å². The van der Waals surface area contributed by atoms with Gasteiger partial charge in [0.1, 0.15) is 0 Å². The van der Waals surface area contributed by atoms with Gasteiger partial charge in [-0.3, -0.25) is 4.98 Å². The quantitative estimate of drug-likeness (QED) is 0.723. The Labute approximate surface area is 98.9 Å². The van der Waals surface area contributed by atoms with Gasteiger partial charge in [-0.15, -0.1) is 0 Å². The summed E-state index contributed by atoms with van der Waals surface area (Å²) in [7, 11) is 0. The number of pyridine rings is 1. The second kappa shape index (κ2) is 4.22. The largest absolute Gasteiger partial charge is 0.259 e. The van der Waals surface area contributed by atoms with Gasteiger partial charge in [0.05, 0.1) is 5.69 Å². The van der Waals surface area contributed by atoms with Crippen LogP contribution in [0.15, 0.2) is 30.5 Å². The highest BCUT2D eigenvalue weighted by Crippen LogP contribution is 2.28. The first-order valence-electron chi connectivity index (χ1n) is 4.97. The summed E-state index contributed by atoms with van der Waals surface area (Å²) in [5.74, 6) is -0.270. The van der Waals surface area contributed by atoms with Gasteiger partial charge in [-0.1, -0.05) is 17.7 Å². The lowest BCUT2D eigenvalue weighted by Crippen LogP contribution is -1.93. The number of halogens is 2. The minimum atomic E-state index is -0.270. The zero-order chi connectivity index (χ0) is 11.7. The summed E-state index contributed by atoms with van der Waals surface area (Å²) in [5.41, 5.74) is 2.79. The molecule has 0 bridgehead atoms. The molecule has 0 saturated carbocycles. The van der Waals surface area contributed by atoms with E-state index in [9.17, 15) is 4.39 Å². The first kappa shape index (κ1) is 11.1. The predicted molar refractivity (Wildman–Crippen MR) is 64.1 cm³/mol. The second-order valence-corrected chi connectivity index (χ2v) is 4.15. The molecule has 0 fully saturated rings. The molecular weight excluding hydrogens is 225 g/mol. The van der Waals surface area contributed by atoms with Crippen LogP contribution in [0.3, 0.4) is 0 Å². The molecule has 0 unspecified atom stereocenters. The molecule has 16 heavy (non-hydrogen) atoms. The second-order valence-electron chi connectivity index (χ2n) is 3.72. The lowest BCUT2D eigenvalue weighted by molar-refractivity contribution is 0.613. The maximum Gasteiger partial charge on any atom is 0.152 e. The van der Waals surface area contributed by atoms with Crippen LogP contribution in [0.2, 0.25) is 5.02 Å². The molecule has 3 heteroatoms. The Morgan fingerprint density at radius 1 is 1.12 bits per heavy atom. The first-order valence-corrected chi connectivity index (χ1v) is 5.35. The van der Waals surface area contributed by atoms with E-state index in [1.54, 1.807) is 25.3 Å². The predicted octanol–water partition coefficient (Wildman–Crippen LogP) is 4.16. The zero-order valence-electron chi connectivity index (χ0n) is 9.09. The molecular formula is C13H11ClFN. The highest BCUT2D eigenvalue weighted by Gasteiger charge is 2.10. The molecule has 0 N–H and O–H groups in total. The van der Waals surface area contributed by atoms with Crippen molar-refractivity contribution >= 4 is 11.6 Å². The lowest BCUT2D eigenvalue weighted by Gasteiger charge is -2.08. The van der Waals surface area contributed by atoms with Crippen LogP contribution in [0.4, 0.5) is 4.39 Å².